The number of esters is 1. The van der Waals surface area contributed by atoms with E-state index in [9.17, 15) is 4.79 Å². The zero-order chi connectivity index (χ0) is 13.7. The normalized spacial score (nSPS) is 22.2. The molecule has 1 heterocycles. The van der Waals surface area contributed by atoms with Gasteiger partial charge >= 0.3 is 5.97 Å². The highest BCUT2D eigenvalue weighted by atomic mass is 16.5. The maximum absolute atomic E-state index is 11.5. The topological polar surface area (TPSA) is 44.8 Å². The van der Waals surface area contributed by atoms with Crippen molar-refractivity contribution in [1.82, 2.24) is 0 Å². The largest absolute Gasteiger partial charge is 0.491 e. The average molecular weight is 264 g/mol. The molecule has 0 saturated carbocycles. The van der Waals surface area contributed by atoms with E-state index in [4.69, 9.17) is 14.2 Å². The Morgan fingerprint density at radius 2 is 2.05 bits per heavy atom. The lowest BCUT2D eigenvalue weighted by Gasteiger charge is -2.12. The van der Waals surface area contributed by atoms with Gasteiger partial charge in [-0.2, -0.15) is 0 Å². The molecule has 2 rings (SSSR count). The molecule has 1 aromatic rings. The van der Waals surface area contributed by atoms with Crippen LogP contribution in [0.25, 0.3) is 0 Å². The van der Waals surface area contributed by atoms with Crippen LogP contribution < -0.4 is 4.74 Å². The number of benzene rings is 1. The summed E-state index contributed by atoms with van der Waals surface area (Å²) in [5, 5.41) is 0. The minimum Gasteiger partial charge on any atom is -0.491 e. The maximum Gasteiger partial charge on any atom is 0.338 e. The van der Waals surface area contributed by atoms with Crippen LogP contribution >= 0.6 is 0 Å². The van der Waals surface area contributed by atoms with E-state index in [1.54, 1.807) is 31.2 Å². The van der Waals surface area contributed by atoms with Crippen molar-refractivity contribution in [2.24, 2.45) is 0 Å². The first-order valence-corrected chi connectivity index (χ1v) is 6.74. The number of rotatable bonds is 5. The Balaban J connectivity index is 1.83. The van der Waals surface area contributed by atoms with Gasteiger partial charge in [0.2, 0.25) is 0 Å². The fourth-order valence-corrected chi connectivity index (χ4v) is 2.10. The van der Waals surface area contributed by atoms with Gasteiger partial charge in [-0.25, -0.2) is 4.79 Å². The van der Waals surface area contributed by atoms with Gasteiger partial charge in [0.15, 0.2) is 0 Å². The molecule has 0 bridgehead atoms. The molecule has 2 unspecified atom stereocenters. The summed E-state index contributed by atoms with van der Waals surface area (Å²) in [5.74, 6) is 0.443. The molecule has 1 aliphatic heterocycles. The molecule has 0 N–H and O–H groups in total. The van der Waals surface area contributed by atoms with Gasteiger partial charge in [-0.1, -0.05) is 0 Å². The summed E-state index contributed by atoms with van der Waals surface area (Å²) in [6.07, 6.45) is 2.65. The summed E-state index contributed by atoms with van der Waals surface area (Å²) < 4.78 is 16.3. The molecular formula is C15H20O4. The van der Waals surface area contributed by atoms with Crippen molar-refractivity contribution in [1.29, 1.82) is 0 Å². The molecule has 1 aromatic carbocycles. The van der Waals surface area contributed by atoms with E-state index in [1.807, 2.05) is 0 Å². The molecule has 4 heteroatoms. The first kappa shape index (κ1) is 13.9. The fourth-order valence-electron chi connectivity index (χ4n) is 2.10. The molecule has 0 aliphatic carbocycles. The van der Waals surface area contributed by atoms with Gasteiger partial charge < -0.3 is 14.2 Å². The molecule has 4 nitrogen and oxygen atoms in total. The first-order valence-electron chi connectivity index (χ1n) is 6.74. The third kappa shape index (κ3) is 3.96. The Bertz CT molecular complexity index is 413. The predicted octanol–water partition coefficient (Wildman–Crippen LogP) is 2.81. The minimum atomic E-state index is -0.304. The summed E-state index contributed by atoms with van der Waals surface area (Å²) in [5.41, 5.74) is 0.542. The van der Waals surface area contributed by atoms with E-state index < -0.39 is 0 Å². The molecule has 1 aliphatic rings. The number of carbonyl (C=O) groups is 1. The SMILES string of the molecule is CCOC(=O)c1ccc(OCC2CCC(C)O2)cc1. The van der Waals surface area contributed by atoms with Gasteiger partial charge in [0.1, 0.15) is 12.4 Å². The predicted molar refractivity (Wildman–Crippen MR) is 71.5 cm³/mol. The fraction of sp³-hybridized carbons (Fsp3) is 0.533. The molecule has 104 valence electrons. The highest BCUT2D eigenvalue weighted by Crippen LogP contribution is 2.20. The van der Waals surface area contributed by atoms with Crippen molar-refractivity contribution in [3.05, 3.63) is 29.8 Å². The molecule has 2 atom stereocenters. The van der Waals surface area contributed by atoms with Crippen molar-refractivity contribution in [3.63, 3.8) is 0 Å². The highest BCUT2D eigenvalue weighted by Gasteiger charge is 2.22. The van der Waals surface area contributed by atoms with Crippen LogP contribution in [0.3, 0.4) is 0 Å². The van der Waals surface area contributed by atoms with Crippen LogP contribution in [0.1, 0.15) is 37.0 Å². The standard InChI is InChI=1S/C15H20O4/c1-3-17-15(16)12-5-8-13(9-6-12)18-10-14-7-4-11(2)19-14/h5-6,8-9,11,14H,3-4,7,10H2,1-2H3. The smallest absolute Gasteiger partial charge is 0.338 e. The van der Waals surface area contributed by atoms with Gasteiger partial charge in [-0.05, 0) is 51.0 Å². The molecule has 0 spiro atoms. The van der Waals surface area contributed by atoms with E-state index in [0.717, 1.165) is 18.6 Å². The lowest BCUT2D eigenvalue weighted by molar-refractivity contribution is 0.0264. The Hall–Kier alpha value is -1.55. The van der Waals surface area contributed by atoms with Crippen molar-refractivity contribution in [2.75, 3.05) is 13.2 Å². The molecule has 1 saturated heterocycles. The zero-order valence-electron chi connectivity index (χ0n) is 11.4. The molecule has 0 radical (unpaired) electrons. The quantitative estimate of drug-likeness (QED) is 0.767. The number of hydrogen-bond donors (Lipinski definition) is 0. The van der Waals surface area contributed by atoms with E-state index >= 15 is 0 Å². The van der Waals surface area contributed by atoms with Crippen LogP contribution in [0.2, 0.25) is 0 Å². The second-order valence-electron chi connectivity index (χ2n) is 4.70. The van der Waals surface area contributed by atoms with Gasteiger partial charge in [-0.15, -0.1) is 0 Å². The van der Waals surface area contributed by atoms with Gasteiger partial charge in [-0.3, -0.25) is 0 Å². The lowest BCUT2D eigenvalue weighted by atomic mass is 10.2. The monoisotopic (exact) mass is 264 g/mol. The Morgan fingerprint density at radius 3 is 2.63 bits per heavy atom. The Kier molecular flexibility index (Phi) is 4.80. The average Bonchev–Trinajstić information content (AvgIpc) is 2.83. The van der Waals surface area contributed by atoms with Crippen molar-refractivity contribution >= 4 is 5.97 Å². The molecule has 0 aromatic heterocycles. The third-order valence-corrected chi connectivity index (χ3v) is 3.12. The van der Waals surface area contributed by atoms with Gasteiger partial charge in [0.25, 0.3) is 0 Å². The Labute approximate surface area is 113 Å². The zero-order valence-corrected chi connectivity index (χ0v) is 11.4. The number of ether oxygens (including phenoxy) is 3. The van der Waals surface area contributed by atoms with Crippen LogP contribution in [-0.4, -0.2) is 31.4 Å². The van der Waals surface area contributed by atoms with Crippen LogP contribution in [0, 0.1) is 0 Å². The highest BCUT2D eigenvalue weighted by molar-refractivity contribution is 5.89. The second-order valence-corrected chi connectivity index (χ2v) is 4.70. The summed E-state index contributed by atoms with van der Waals surface area (Å²) in [7, 11) is 0. The summed E-state index contributed by atoms with van der Waals surface area (Å²) >= 11 is 0. The lowest BCUT2D eigenvalue weighted by Crippen LogP contribution is -2.17. The molecule has 1 fully saturated rings. The van der Waals surface area contributed by atoms with Crippen LogP contribution in [0.4, 0.5) is 0 Å². The number of carbonyl (C=O) groups excluding carboxylic acids is 1. The third-order valence-electron chi connectivity index (χ3n) is 3.12. The first-order chi connectivity index (χ1) is 9.19. The van der Waals surface area contributed by atoms with E-state index in [0.29, 0.717) is 24.9 Å². The summed E-state index contributed by atoms with van der Waals surface area (Å²) in [6, 6.07) is 6.99. The van der Waals surface area contributed by atoms with E-state index in [2.05, 4.69) is 6.92 Å². The van der Waals surface area contributed by atoms with Crippen LogP contribution in [0.15, 0.2) is 24.3 Å². The number of hydrogen-bond acceptors (Lipinski definition) is 4. The molecular weight excluding hydrogens is 244 g/mol. The van der Waals surface area contributed by atoms with Crippen molar-refractivity contribution in [2.45, 2.75) is 38.9 Å². The van der Waals surface area contributed by atoms with E-state index in [1.165, 1.54) is 0 Å². The molecule has 19 heavy (non-hydrogen) atoms. The van der Waals surface area contributed by atoms with Crippen molar-refractivity contribution < 1.29 is 19.0 Å². The summed E-state index contributed by atoms with van der Waals surface area (Å²) in [4.78, 5) is 11.5. The summed E-state index contributed by atoms with van der Waals surface area (Å²) in [6.45, 7) is 4.81. The van der Waals surface area contributed by atoms with Crippen LogP contribution in [-0.2, 0) is 9.47 Å². The van der Waals surface area contributed by atoms with Crippen LogP contribution in [0.5, 0.6) is 5.75 Å². The van der Waals surface area contributed by atoms with Gasteiger partial charge in [0.05, 0.1) is 24.4 Å². The minimum absolute atomic E-state index is 0.180. The van der Waals surface area contributed by atoms with E-state index in [-0.39, 0.29) is 12.1 Å². The van der Waals surface area contributed by atoms with Crippen molar-refractivity contribution in [3.8, 4) is 5.75 Å². The van der Waals surface area contributed by atoms with Gasteiger partial charge in [0, 0.05) is 0 Å². The Morgan fingerprint density at radius 1 is 1.32 bits per heavy atom. The molecule has 0 amide bonds. The second kappa shape index (κ2) is 6.57. The maximum atomic E-state index is 11.5.